The van der Waals surface area contributed by atoms with Gasteiger partial charge in [-0.2, -0.15) is 0 Å². The number of benzene rings is 3. The summed E-state index contributed by atoms with van der Waals surface area (Å²) in [7, 11) is 1.68. The van der Waals surface area contributed by atoms with Gasteiger partial charge in [0.2, 0.25) is 0 Å². The van der Waals surface area contributed by atoms with Crippen LogP contribution in [0.15, 0.2) is 60.7 Å². The van der Waals surface area contributed by atoms with Crippen molar-refractivity contribution >= 4 is 11.6 Å². The van der Waals surface area contributed by atoms with Crippen molar-refractivity contribution in [2.75, 3.05) is 13.7 Å². The third kappa shape index (κ3) is 5.91. The van der Waals surface area contributed by atoms with Gasteiger partial charge < -0.3 is 19.5 Å². The van der Waals surface area contributed by atoms with Gasteiger partial charge in [0.1, 0.15) is 12.4 Å². The molecular formula is C25H28ClNO3. The van der Waals surface area contributed by atoms with Gasteiger partial charge in [-0.15, -0.1) is 0 Å². The highest BCUT2D eigenvalue weighted by molar-refractivity contribution is 6.32. The zero-order valence-corrected chi connectivity index (χ0v) is 18.5. The number of ether oxygens (including phenoxy) is 3. The maximum absolute atomic E-state index is 6.55. The van der Waals surface area contributed by atoms with Crippen LogP contribution in [0.1, 0.15) is 29.2 Å². The molecule has 0 unspecified atom stereocenters. The van der Waals surface area contributed by atoms with Gasteiger partial charge in [-0.05, 0) is 43.2 Å². The van der Waals surface area contributed by atoms with Gasteiger partial charge in [-0.25, -0.2) is 0 Å². The Bertz CT molecular complexity index is 957. The summed E-state index contributed by atoms with van der Waals surface area (Å²) in [5, 5.41) is 3.98. The highest BCUT2D eigenvalue weighted by Gasteiger charge is 2.13. The van der Waals surface area contributed by atoms with Crippen LogP contribution in [0, 0.1) is 6.92 Å². The molecule has 1 N–H and O–H groups in total. The van der Waals surface area contributed by atoms with Crippen LogP contribution in [0.25, 0.3) is 0 Å². The van der Waals surface area contributed by atoms with Gasteiger partial charge in [0.25, 0.3) is 0 Å². The summed E-state index contributed by atoms with van der Waals surface area (Å²) in [6.45, 7) is 6.33. The Hall–Kier alpha value is -2.69. The summed E-state index contributed by atoms with van der Waals surface area (Å²) in [6, 6.07) is 20.1. The lowest BCUT2D eigenvalue weighted by atomic mass is 10.1. The molecule has 0 atom stereocenters. The largest absolute Gasteiger partial charge is 0.496 e. The molecule has 3 rings (SSSR count). The van der Waals surface area contributed by atoms with Crippen LogP contribution in [0.5, 0.6) is 17.2 Å². The molecule has 0 saturated carbocycles. The zero-order chi connectivity index (χ0) is 21.3. The summed E-state index contributed by atoms with van der Waals surface area (Å²) in [5.41, 5.74) is 4.44. The van der Waals surface area contributed by atoms with E-state index in [4.69, 9.17) is 25.8 Å². The quantitative estimate of drug-likeness (QED) is 0.437. The highest BCUT2D eigenvalue weighted by Crippen LogP contribution is 2.37. The van der Waals surface area contributed by atoms with E-state index < -0.39 is 0 Å². The molecule has 0 saturated heterocycles. The third-order valence-corrected chi connectivity index (χ3v) is 4.99. The normalized spacial score (nSPS) is 10.7. The molecule has 5 heteroatoms. The van der Waals surface area contributed by atoms with E-state index in [2.05, 4.69) is 36.5 Å². The molecule has 0 spiro atoms. The number of para-hydroxylation sites is 1. The van der Waals surface area contributed by atoms with Gasteiger partial charge in [0, 0.05) is 18.7 Å². The van der Waals surface area contributed by atoms with Gasteiger partial charge in [-0.1, -0.05) is 59.6 Å². The molecule has 3 aromatic rings. The van der Waals surface area contributed by atoms with Gasteiger partial charge in [0.15, 0.2) is 11.5 Å². The second-order valence-electron chi connectivity index (χ2n) is 7.03. The molecule has 0 amide bonds. The minimum absolute atomic E-state index is 0.436. The molecule has 0 bridgehead atoms. The lowest BCUT2D eigenvalue weighted by Crippen LogP contribution is -2.13. The predicted molar refractivity (Wildman–Crippen MR) is 122 cm³/mol. The van der Waals surface area contributed by atoms with Gasteiger partial charge >= 0.3 is 0 Å². The van der Waals surface area contributed by atoms with Crippen LogP contribution in [0.3, 0.4) is 0 Å². The topological polar surface area (TPSA) is 39.7 Å². The smallest absolute Gasteiger partial charge is 0.180 e. The van der Waals surface area contributed by atoms with Crippen molar-refractivity contribution in [3.8, 4) is 17.2 Å². The number of methoxy groups -OCH3 is 1. The van der Waals surface area contributed by atoms with Crippen LogP contribution in [0.4, 0.5) is 0 Å². The highest BCUT2D eigenvalue weighted by atomic mass is 35.5. The van der Waals surface area contributed by atoms with E-state index in [1.165, 1.54) is 5.56 Å². The summed E-state index contributed by atoms with van der Waals surface area (Å²) >= 11 is 6.55. The van der Waals surface area contributed by atoms with E-state index >= 15 is 0 Å². The monoisotopic (exact) mass is 425 g/mol. The molecule has 0 heterocycles. The van der Waals surface area contributed by atoms with Crippen molar-refractivity contribution in [2.45, 2.75) is 33.5 Å². The Morgan fingerprint density at radius 3 is 2.37 bits per heavy atom. The first kappa shape index (κ1) is 22.0. The molecule has 0 fully saturated rings. The summed E-state index contributed by atoms with van der Waals surface area (Å²) in [6.07, 6.45) is 0. The van der Waals surface area contributed by atoms with Crippen molar-refractivity contribution in [2.24, 2.45) is 0 Å². The summed E-state index contributed by atoms with van der Waals surface area (Å²) in [4.78, 5) is 0. The molecule has 0 aliphatic heterocycles. The number of aryl methyl sites for hydroxylation is 1. The van der Waals surface area contributed by atoms with E-state index in [1.807, 2.05) is 43.3 Å². The van der Waals surface area contributed by atoms with E-state index in [-0.39, 0.29) is 0 Å². The molecular weight excluding hydrogens is 398 g/mol. The minimum Gasteiger partial charge on any atom is -0.496 e. The molecule has 158 valence electrons. The molecule has 0 radical (unpaired) electrons. The Morgan fingerprint density at radius 1 is 0.867 bits per heavy atom. The molecule has 0 aliphatic carbocycles. The minimum atomic E-state index is 0.436. The van der Waals surface area contributed by atoms with Crippen molar-refractivity contribution < 1.29 is 14.2 Å². The first-order valence-corrected chi connectivity index (χ1v) is 10.4. The van der Waals surface area contributed by atoms with Crippen LogP contribution >= 0.6 is 11.6 Å². The average molecular weight is 426 g/mol. The zero-order valence-electron chi connectivity index (χ0n) is 17.7. The fourth-order valence-corrected chi connectivity index (χ4v) is 3.44. The van der Waals surface area contributed by atoms with E-state index in [0.717, 1.165) is 22.4 Å². The van der Waals surface area contributed by atoms with E-state index in [0.29, 0.717) is 42.8 Å². The number of hydrogen-bond acceptors (Lipinski definition) is 4. The van der Waals surface area contributed by atoms with E-state index in [9.17, 15) is 0 Å². The van der Waals surface area contributed by atoms with E-state index in [1.54, 1.807) is 7.11 Å². The second kappa shape index (κ2) is 10.9. The van der Waals surface area contributed by atoms with Gasteiger partial charge in [0.05, 0.1) is 18.7 Å². The average Bonchev–Trinajstić information content (AvgIpc) is 2.75. The second-order valence-corrected chi connectivity index (χ2v) is 7.43. The molecule has 0 aliphatic rings. The fourth-order valence-electron chi connectivity index (χ4n) is 3.16. The van der Waals surface area contributed by atoms with Crippen LogP contribution in [0.2, 0.25) is 5.02 Å². The first-order valence-electron chi connectivity index (χ1n) is 10.1. The molecule has 0 aromatic heterocycles. The fraction of sp³-hybridized carbons (Fsp3) is 0.280. The first-order chi connectivity index (χ1) is 14.6. The predicted octanol–water partition coefficient (Wildman–Crippen LogP) is 5.92. The number of nitrogens with one attached hydrogen (secondary N) is 1. The molecule has 4 nitrogen and oxygen atoms in total. The van der Waals surface area contributed by atoms with Crippen LogP contribution < -0.4 is 19.5 Å². The Labute approximate surface area is 183 Å². The van der Waals surface area contributed by atoms with Crippen LogP contribution in [-0.2, 0) is 19.7 Å². The molecule has 3 aromatic carbocycles. The lowest BCUT2D eigenvalue weighted by Gasteiger charge is -2.16. The Kier molecular flexibility index (Phi) is 8.00. The van der Waals surface area contributed by atoms with Crippen LogP contribution in [-0.4, -0.2) is 13.7 Å². The lowest BCUT2D eigenvalue weighted by molar-refractivity contribution is 0.269. The Balaban J connectivity index is 1.68. The molecule has 30 heavy (non-hydrogen) atoms. The number of rotatable bonds is 10. The number of hydrogen-bond donors (Lipinski definition) is 1. The van der Waals surface area contributed by atoms with Crippen molar-refractivity contribution in [1.82, 2.24) is 5.32 Å². The summed E-state index contributed by atoms with van der Waals surface area (Å²) < 4.78 is 17.2. The third-order valence-electron chi connectivity index (χ3n) is 4.71. The number of halogens is 1. The standard InChI is InChI=1S/C25H28ClNO3/c1-4-29-24-14-20(15-27-16-21-7-5-6-8-23(21)28-3)13-22(26)25(24)30-17-19-11-9-18(2)10-12-19/h5-14,27H,4,15-17H2,1-3H3. The van der Waals surface area contributed by atoms with Crippen molar-refractivity contribution in [3.05, 3.63) is 87.9 Å². The SMILES string of the molecule is CCOc1cc(CNCc2ccccc2OC)cc(Cl)c1OCc1ccc(C)cc1. The van der Waals surface area contributed by atoms with Crippen molar-refractivity contribution in [3.63, 3.8) is 0 Å². The maximum Gasteiger partial charge on any atom is 0.180 e. The Morgan fingerprint density at radius 2 is 1.63 bits per heavy atom. The maximum atomic E-state index is 6.55. The summed E-state index contributed by atoms with van der Waals surface area (Å²) in [5.74, 6) is 2.11. The van der Waals surface area contributed by atoms with Crippen molar-refractivity contribution in [1.29, 1.82) is 0 Å². The van der Waals surface area contributed by atoms with Gasteiger partial charge in [-0.3, -0.25) is 0 Å².